The summed E-state index contributed by atoms with van der Waals surface area (Å²) in [5.74, 6) is -1.67. The SMILES string of the molecule is CCOC(=O)c1cccc(N(C(=O)CCC(=O)c2ccc(-c3ccccc3)cc2)S(C)(=O)=O)c1. The van der Waals surface area contributed by atoms with E-state index in [1.807, 2.05) is 42.5 Å². The highest BCUT2D eigenvalue weighted by atomic mass is 32.2. The summed E-state index contributed by atoms with van der Waals surface area (Å²) < 4.78 is 30.3. The molecule has 7 nitrogen and oxygen atoms in total. The fourth-order valence-electron chi connectivity index (χ4n) is 3.44. The van der Waals surface area contributed by atoms with Gasteiger partial charge in [-0.2, -0.15) is 0 Å². The van der Waals surface area contributed by atoms with Gasteiger partial charge in [0.1, 0.15) is 0 Å². The van der Waals surface area contributed by atoms with Crippen LogP contribution in [-0.4, -0.2) is 38.9 Å². The molecule has 0 heterocycles. The molecule has 8 heteroatoms. The van der Waals surface area contributed by atoms with Crippen LogP contribution in [0.3, 0.4) is 0 Å². The van der Waals surface area contributed by atoms with Crippen LogP contribution in [0.1, 0.15) is 40.5 Å². The molecule has 3 aromatic rings. The van der Waals surface area contributed by atoms with Crippen molar-refractivity contribution >= 4 is 33.4 Å². The van der Waals surface area contributed by atoms with E-state index in [-0.39, 0.29) is 36.5 Å². The summed E-state index contributed by atoms with van der Waals surface area (Å²) in [7, 11) is -4.00. The number of ketones is 1. The van der Waals surface area contributed by atoms with E-state index >= 15 is 0 Å². The molecular formula is C26H25NO6S. The number of Topliss-reactive ketones (excluding diaryl/α,β-unsaturated/α-hetero) is 1. The van der Waals surface area contributed by atoms with Gasteiger partial charge in [0.05, 0.1) is 24.1 Å². The zero-order valence-corrected chi connectivity index (χ0v) is 19.7. The van der Waals surface area contributed by atoms with E-state index in [0.29, 0.717) is 9.87 Å². The maximum absolute atomic E-state index is 12.9. The topological polar surface area (TPSA) is 97.8 Å². The third-order valence-electron chi connectivity index (χ3n) is 5.03. The summed E-state index contributed by atoms with van der Waals surface area (Å²) >= 11 is 0. The number of carbonyl (C=O) groups is 3. The molecule has 0 aliphatic carbocycles. The number of hydrogen-bond donors (Lipinski definition) is 0. The van der Waals surface area contributed by atoms with Gasteiger partial charge >= 0.3 is 5.97 Å². The number of rotatable bonds is 9. The molecule has 0 aromatic heterocycles. The molecule has 1 amide bonds. The van der Waals surface area contributed by atoms with Crippen LogP contribution in [0.15, 0.2) is 78.9 Å². The highest BCUT2D eigenvalue weighted by Crippen LogP contribution is 2.23. The monoisotopic (exact) mass is 479 g/mol. The Kier molecular flexibility index (Phi) is 7.96. The molecular weight excluding hydrogens is 454 g/mol. The Morgan fingerprint density at radius 2 is 1.44 bits per heavy atom. The Balaban J connectivity index is 1.73. The van der Waals surface area contributed by atoms with Gasteiger partial charge in [0.15, 0.2) is 5.78 Å². The number of sulfonamides is 1. The van der Waals surface area contributed by atoms with Crippen molar-refractivity contribution in [3.8, 4) is 11.1 Å². The molecule has 0 aliphatic heterocycles. The number of ether oxygens (including phenoxy) is 1. The fraction of sp³-hybridized carbons (Fsp3) is 0.192. The number of benzene rings is 3. The summed E-state index contributed by atoms with van der Waals surface area (Å²) in [4.78, 5) is 37.5. The van der Waals surface area contributed by atoms with Crippen molar-refractivity contribution in [2.75, 3.05) is 17.2 Å². The summed E-state index contributed by atoms with van der Waals surface area (Å²) in [6, 6.07) is 22.4. The van der Waals surface area contributed by atoms with Crippen LogP contribution in [0.4, 0.5) is 5.69 Å². The average Bonchev–Trinajstić information content (AvgIpc) is 2.83. The van der Waals surface area contributed by atoms with Crippen molar-refractivity contribution in [3.05, 3.63) is 90.0 Å². The normalized spacial score (nSPS) is 11.0. The average molecular weight is 480 g/mol. The summed E-state index contributed by atoms with van der Waals surface area (Å²) in [5.41, 5.74) is 2.54. The predicted molar refractivity (Wildman–Crippen MR) is 130 cm³/mol. The van der Waals surface area contributed by atoms with Crippen LogP contribution in [0.25, 0.3) is 11.1 Å². The van der Waals surface area contributed by atoms with Crippen LogP contribution in [0.5, 0.6) is 0 Å². The van der Waals surface area contributed by atoms with E-state index in [1.54, 1.807) is 19.1 Å². The Morgan fingerprint density at radius 3 is 2.06 bits per heavy atom. The standard InChI is InChI=1S/C26H25NO6S/c1-3-33-26(30)22-10-7-11-23(18-22)27(34(2,31)32)25(29)17-16-24(28)21-14-12-20(13-15-21)19-8-5-4-6-9-19/h4-15,18H,3,16-17H2,1-2H3. The first kappa shape index (κ1) is 24.9. The molecule has 0 spiro atoms. The lowest BCUT2D eigenvalue weighted by molar-refractivity contribution is -0.117. The maximum atomic E-state index is 12.9. The van der Waals surface area contributed by atoms with Gasteiger partial charge in [0.2, 0.25) is 15.9 Å². The van der Waals surface area contributed by atoms with Gasteiger partial charge in [-0.15, -0.1) is 0 Å². The number of amides is 1. The second-order valence-electron chi connectivity index (χ2n) is 7.56. The van der Waals surface area contributed by atoms with Crippen molar-refractivity contribution in [3.63, 3.8) is 0 Å². The quantitative estimate of drug-likeness (QED) is 0.331. The summed E-state index contributed by atoms with van der Waals surface area (Å²) in [6.45, 7) is 1.81. The lowest BCUT2D eigenvalue weighted by Gasteiger charge is -2.21. The van der Waals surface area contributed by atoms with E-state index in [1.165, 1.54) is 24.3 Å². The van der Waals surface area contributed by atoms with Gasteiger partial charge in [0, 0.05) is 18.4 Å². The van der Waals surface area contributed by atoms with Gasteiger partial charge in [-0.05, 0) is 36.2 Å². The van der Waals surface area contributed by atoms with E-state index in [2.05, 4.69) is 0 Å². The number of nitrogens with zero attached hydrogens (tertiary/aromatic N) is 1. The second-order valence-corrected chi connectivity index (χ2v) is 9.39. The first-order valence-corrected chi connectivity index (χ1v) is 12.5. The molecule has 0 saturated heterocycles. The lowest BCUT2D eigenvalue weighted by atomic mass is 10.0. The first-order valence-electron chi connectivity index (χ1n) is 10.7. The summed E-state index contributed by atoms with van der Waals surface area (Å²) in [6.07, 6.45) is 0.426. The van der Waals surface area contributed by atoms with Crippen molar-refractivity contribution < 1.29 is 27.5 Å². The number of carbonyl (C=O) groups excluding carboxylic acids is 3. The van der Waals surface area contributed by atoms with Crippen molar-refractivity contribution in [1.82, 2.24) is 0 Å². The van der Waals surface area contributed by atoms with Crippen molar-refractivity contribution in [1.29, 1.82) is 0 Å². The molecule has 3 aromatic carbocycles. The Hall–Kier alpha value is -3.78. The summed E-state index contributed by atoms with van der Waals surface area (Å²) in [5, 5.41) is 0. The Labute approximate surface area is 199 Å². The molecule has 0 N–H and O–H groups in total. The van der Waals surface area contributed by atoms with E-state index < -0.39 is 21.9 Å². The zero-order chi connectivity index (χ0) is 24.7. The van der Waals surface area contributed by atoms with Crippen LogP contribution in [0.2, 0.25) is 0 Å². The fourth-order valence-corrected chi connectivity index (χ4v) is 4.40. The molecule has 0 fully saturated rings. The molecule has 0 radical (unpaired) electrons. The Morgan fingerprint density at radius 1 is 0.794 bits per heavy atom. The third kappa shape index (κ3) is 6.17. The molecule has 0 atom stereocenters. The van der Waals surface area contributed by atoms with Gasteiger partial charge in [-0.25, -0.2) is 17.5 Å². The number of esters is 1. The molecule has 34 heavy (non-hydrogen) atoms. The van der Waals surface area contributed by atoms with E-state index in [0.717, 1.165) is 17.4 Å². The number of hydrogen-bond acceptors (Lipinski definition) is 6. The molecule has 3 rings (SSSR count). The maximum Gasteiger partial charge on any atom is 0.338 e. The first-order chi connectivity index (χ1) is 16.2. The minimum absolute atomic E-state index is 0.0118. The molecule has 176 valence electrons. The molecule has 0 saturated carbocycles. The number of anilines is 1. The highest BCUT2D eigenvalue weighted by Gasteiger charge is 2.26. The van der Waals surface area contributed by atoms with Gasteiger partial charge in [-0.3, -0.25) is 9.59 Å². The van der Waals surface area contributed by atoms with Crippen molar-refractivity contribution in [2.24, 2.45) is 0 Å². The Bertz CT molecular complexity index is 1280. The predicted octanol–water partition coefficient (Wildman–Crippen LogP) is 4.49. The lowest BCUT2D eigenvalue weighted by Crippen LogP contribution is -2.36. The largest absolute Gasteiger partial charge is 0.462 e. The van der Waals surface area contributed by atoms with Crippen LogP contribution < -0.4 is 4.31 Å². The highest BCUT2D eigenvalue weighted by molar-refractivity contribution is 7.92. The minimum Gasteiger partial charge on any atom is -0.462 e. The molecule has 0 unspecified atom stereocenters. The zero-order valence-electron chi connectivity index (χ0n) is 18.9. The van der Waals surface area contributed by atoms with Crippen molar-refractivity contribution in [2.45, 2.75) is 19.8 Å². The van der Waals surface area contributed by atoms with Gasteiger partial charge in [0.25, 0.3) is 0 Å². The van der Waals surface area contributed by atoms with E-state index in [9.17, 15) is 22.8 Å². The molecule has 0 bridgehead atoms. The minimum atomic E-state index is -4.00. The van der Waals surface area contributed by atoms with E-state index in [4.69, 9.17) is 4.74 Å². The molecule has 0 aliphatic rings. The smallest absolute Gasteiger partial charge is 0.338 e. The van der Waals surface area contributed by atoms with Crippen LogP contribution in [-0.2, 0) is 19.6 Å². The van der Waals surface area contributed by atoms with Gasteiger partial charge < -0.3 is 4.74 Å². The second kappa shape index (κ2) is 10.9. The van der Waals surface area contributed by atoms with Crippen LogP contribution >= 0.6 is 0 Å². The van der Waals surface area contributed by atoms with Crippen LogP contribution in [0, 0.1) is 0 Å². The van der Waals surface area contributed by atoms with Gasteiger partial charge in [-0.1, -0.05) is 60.7 Å². The third-order valence-corrected chi connectivity index (χ3v) is 6.11.